The summed E-state index contributed by atoms with van der Waals surface area (Å²) in [6, 6.07) is 0. The molecule has 0 saturated heterocycles. The van der Waals surface area contributed by atoms with Crippen LogP contribution in [0, 0.1) is 0 Å². The largest absolute Gasteiger partial charge is 0.339 e. The quantitative estimate of drug-likeness (QED) is 0.260. The first-order valence-corrected chi connectivity index (χ1v) is 1.83. The van der Waals surface area contributed by atoms with Gasteiger partial charge in [-0.05, 0) is 18.5 Å². The zero-order chi connectivity index (χ0) is 4.99. The van der Waals surface area contributed by atoms with Gasteiger partial charge in [0.25, 0.3) is 0 Å². The van der Waals surface area contributed by atoms with Gasteiger partial charge in [0.2, 0.25) is 0 Å². The van der Waals surface area contributed by atoms with Gasteiger partial charge in [0.05, 0.1) is 0 Å². The Morgan fingerprint density at radius 3 is 2.50 bits per heavy atom. The number of hydrogen-bond acceptors (Lipinski definition) is 1. The first kappa shape index (κ1) is 5.63. The van der Waals surface area contributed by atoms with Crippen LogP contribution in [0.15, 0.2) is 4.99 Å². The molecule has 0 fully saturated rings. The molecule has 0 heterocycles. The minimum absolute atomic E-state index is 0.669. The number of hydrogen-bond donors (Lipinski definition) is 0. The zero-order valence-electron chi connectivity index (χ0n) is 3.31. The van der Waals surface area contributed by atoms with Crippen LogP contribution >= 0.6 is 11.6 Å². The van der Waals surface area contributed by atoms with Crippen molar-refractivity contribution >= 4 is 23.2 Å². The van der Waals surface area contributed by atoms with E-state index in [-0.39, 0.29) is 0 Å². The van der Waals surface area contributed by atoms with Crippen molar-refractivity contribution in [2.75, 3.05) is 0 Å². The SMILES string of the molecule is CC=NC(=O)Cl. The van der Waals surface area contributed by atoms with Gasteiger partial charge in [-0.3, -0.25) is 4.79 Å². The highest BCUT2D eigenvalue weighted by molar-refractivity contribution is 6.63. The van der Waals surface area contributed by atoms with Crippen LogP contribution in [0.4, 0.5) is 4.79 Å². The summed E-state index contributed by atoms with van der Waals surface area (Å²) in [6.07, 6.45) is 1.34. The highest BCUT2D eigenvalue weighted by Crippen LogP contribution is 1.80. The molecule has 0 unspecified atom stereocenters. The van der Waals surface area contributed by atoms with Crippen LogP contribution < -0.4 is 0 Å². The molecule has 3 heteroatoms. The number of amides is 1. The molecule has 0 atom stereocenters. The molecule has 0 aliphatic rings. The van der Waals surface area contributed by atoms with Crippen LogP contribution in [0.25, 0.3) is 0 Å². The highest BCUT2D eigenvalue weighted by Gasteiger charge is 1.78. The molecule has 0 saturated carbocycles. The Bertz CT molecular complexity index is 78.9. The Kier molecular flexibility index (Phi) is 2.67. The Hall–Kier alpha value is -0.370. The van der Waals surface area contributed by atoms with E-state index in [9.17, 15) is 4.79 Å². The van der Waals surface area contributed by atoms with Crippen LogP contribution in [0.1, 0.15) is 6.92 Å². The van der Waals surface area contributed by atoms with E-state index in [1.54, 1.807) is 6.92 Å². The number of carbonyl (C=O) groups excluding carboxylic acids is 1. The zero-order valence-corrected chi connectivity index (χ0v) is 4.07. The lowest BCUT2D eigenvalue weighted by Gasteiger charge is -1.66. The number of carbonyl (C=O) groups is 1. The fourth-order valence-corrected chi connectivity index (χ4v) is 0.199. The Morgan fingerprint density at radius 1 is 2.00 bits per heavy atom. The van der Waals surface area contributed by atoms with Crippen molar-refractivity contribution in [1.29, 1.82) is 0 Å². The lowest BCUT2D eigenvalue weighted by Crippen LogP contribution is -1.69. The molecule has 0 rings (SSSR count). The minimum Gasteiger partial charge on any atom is -0.253 e. The van der Waals surface area contributed by atoms with Crippen molar-refractivity contribution in [2.24, 2.45) is 4.99 Å². The second-order valence-electron chi connectivity index (χ2n) is 0.640. The van der Waals surface area contributed by atoms with Crippen molar-refractivity contribution in [3.8, 4) is 0 Å². The smallest absolute Gasteiger partial charge is 0.253 e. The van der Waals surface area contributed by atoms with Crippen LogP contribution in [0.5, 0.6) is 0 Å². The summed E-state index contributed by atoms with van der Waals surface area (Å²) in [6.45, 7) is 1.63. The average molecular weight is 106 g/mol. The molecule has 0 N–H and O–H groups in total. The molecule has 34 valence electrons. The fourth-order valence-electron chi connectivity index (χ4n) is 0.101. The molecule has 1 amide bonds. The summed E-state index contributed by atoms with van der Waals surface area (Å²) in [7, 11) is 0. The maximum absolute atomic E-state index is 9.61. The molecule has 0 aliphatic carbocycles. The van der Waals surface area contributed by atoms with Gasteiger partial charge < -0.3 is 0 Å². The highest BCUT2D eigenvalue weighted by atomic mass is 35.5. The van der Waals surface area contributed by atoms with E-state index in [0.29, 0.717) is 0 Å². The standard InChI is InChI=1S/C3H4ClNO/c1-2-5-3(4)6/h2H,1H3. The van der Waals surface area contributed by atoms with Gasteiger partial charge in [-0.15, -0.1) is 0 Å². The fraction of sp³-hybridized carbons (Fsp3) is 0.333. The molecule has 0 bridgehead atoms. The first-order chi connectivity index (χ1) is 2.77. The predicted octanol–water partition coefficient (Wildman–Crippen LogP) is 1.44. The van der Waals surface area contributed by atoms with E-state index in [4.69, 9.17) is 11.6 Å². The van der Waals surface area contributed by atoms with Gasteiger partial charge in [0.1, 0.15) is 0 Å². The van der Waals surface area contributed by atoms with Crippen molar-refractivity contribution in [3.63, 3.8) is 0 Å². The number of halogens is 1. The Morgan fingerprint density at radius 2 is 2.50 bits per heavy atom. The molecular formula is C3H4ClNO. The first-order valence-electron chi connectivity index (χ1n) is 1.45. The molecule has 0 aliphatic heterocycles. The van der Waals surface area contributed by atoms with Gasteiger partial charge in [-0.25, -0.2) is 4.99 Å². The van der Waals surface area contributed by atoms with E-state index in [0.717, 1.165) is 0 Å². The van der Waals surface area contributed by atoms with Crippen molar-refractivity contribution in [2.45, 2.75) is 6.92 Å². The predicted molar refractivity (Wildman–Crippen MR) is 25.4 cm³/mol. The average Bonchev–Trinajstić information content (AvgIpc) is 1.35. The molecule has 0 radical (unpaired) electrons. The summed E-state index contributed by atoms with van der Waals surface area (Å²) in [4.78, 5) is 12.7. The summed E-state index contributed by atoms with van der Waals surface area (Å²) in [5, 5.41) is -0.669. The summed E-state index contributed by atoms with van der Waals surface area (Å²) < 4.78 is 0. The summed E-state index contributed by atoms with van der Waals surface area (Å²) >= 11 is 4.74. The van der Waals surface area contributed by atoms with Crippen molar-refractivity contribution in [3.05, 3.63) is 0 Å². The van der Waals surface area contributed by atoms with Crippen LogP contribution in [-0.4, -0.2) is 11.6 Å². The normalized spacial score (nSPS) is 9.67. The Labute approximate surface area is 40.8 Å². The maximum atomic E-state index is 9.61. The van der Waals surface area contributed by atoms with E-state index in [1.807, 2.05) is 0 Å². The van der Waals surface area contributed by atoms with E-state index in [1.165, 1.54) is 6.21 Å². The molecule has 6 heavy (non-hydrogen) atoms. The molecule has 2 nitrogen and oxygen atoms in total. The van der Waals surface area contributed by atoms with Gasteiger partial charge in [0, 0.05) is 6.21 Å². The van der Waals surface area contributed by atoms with Gasteiger partial charge >= 0.3 is 5.37 Å². The van der Waals surface area contributed by atoms with E-state index in [2.05, 4.69) is 4.99 Å². The number of nitrogens with zero attached hydrogens (tertiary/aromatic N) is 1. The topological polar surface area (TPSA) is 29.4 Å². The second-order valence-corrected chi connectivity index (χ2v) is 0.964. The number of aliphatic imine (C=N–C) groups is 1. The lowest BCUT2D eigenvalue weighted by molar-refractivity contribution is 0.266. The monoisotopic (exact) mass is 105 g/mol. The van der Waals surface area contributed by atoms with Gasteiger partial charge in [-0.2, -0.15) is 0 Å². The third-order valence-electron chi connectivity index (χ3n) is 0.231. The lowest BCUT2D eigenvalue weighted by atomic mass is 10.9. The van der Waals surface area contributed by atoms with Crippen molar-refractivity contribution in [1.82, 2.24) is 0 Å². The molecule has 0 aromatic heterocycles. The van der Waals surface area contributed by atoms with Crippen LogP contribution in [-0.2, 0) is 0 Å². The minimum atomic E-state index is -0.669. The second kappa shape index (κ2) is 2.85. The summed E-state index contributed by atoms with van der Waals surface area (Å²) in [5.41, 5.74) is 0. The Balaban J connectivity index is 3.30. The van der Waals surface area contributed by atoms with E-state index < -0.39 is 5.37 Å². The van der Waals surface area contributed by atoms with Crippen LogP contribution in [0.3, 0.4) is 0 Å². The van der Waals surface area contributed by atoms with Gasteiger partial charge in [0.15, 0.2) is 0 Å². The summed E-state index contributed by atoms with van der Waals surface area (Å²) in [5.74, 6) is 0. The van der Waals surface area contributed by atoms with Gasteiger partial charge in [-0.1, -0.05) is 0 Å². The van der Waals surface area contributed by atoms with E-state index >= 15 is 0 Å². The molecule has 0 aromatic carbocycles. The molecule has 0 spiro atoms. The molecule has 0 aromatic rings. The van der Waals surface area contributed by atoms with Crippen LogP contribution in [0.2, 0.25) is 0 Å². The third-order valence-corrected chi connectivity index (χ3v) is 0.328. The third kappa shape index (κ3) is 3.63. The maximum Gasteiger partial charge on any atom is 0.339 e. The molecular weight excluding hydrogens is 101 g/mol. The van der Waals surface area contributed by atoms with Crippen molar-refractivity contribution < 1.29 is 4.79 Å². The number of rotatable bonds is 0.